The molecule has 0 atom stereocenters. The molecule has 0 spiro atoms. The molecule has 8 nitrogen and oxygen atoms in total. The molecule has 0 saturated carbocycles. The molecule has 2 aliphatic rings. The second kappa shape index (κ2) is 11.3. The Morgan fingerprint density at radius 1 is 1.11 bits per heavy atom. The SMILES string of the molecule is CCOc1c(I)cc(/C=C2/SC(=O)N(CC(=O)N3CCN(c4ccccc4)CC3)C2=O)cc1OC. The number of benzene rings is 2. The quantitative estimate of drug-likeness (QED) is 0.347. The Morgan fingerprint density at radius 3 is 2.49 bits per heavy atom. The molecule has 0 N–H and O–H groups in total. The minimum absolute atomic E-state index is 0.224. The summed E-state index contributed by atoms with van der Waals surface area (Å²) in [6.07, 6.45) is 1.65. The first kappa shape index (κ1) is 25.4. The predicted molar refractivity (Wildman–Crippen MR) is 145 cm³/mol. The number of imide groups is 1. The van der Waals surface area contributed by atoms with Gasteiger partial charge in [-0.25, -0.2) is 0 Å². The number of rotatable bonds is 7. The molecule has 3 amide bonds. The van der Waals surface area contributed by atoms with Crippen LogP contribution in [0.15, 0.2) is 47.4 Å². The molecule has 2 aromatic rings. The molecular weight excluding hydrogens is 581 g/mol. The van der Waals surface area contributed by atoms with Crippen LogP contribution in [0, 0.1) is 3.57 Å². The lowest BCUT2D eigenvalue weighted by molar-refractivity contribution is -0.136. The number of methoxy groups -OCH3 is 1. The molecule has 2 heterocycles. The fraction of sp³-hybridized carbons (Fsp3) is 0.320. The third-order valence-corrected chi connectivity index (χ3v) is 7.47. The van der Waals surface area contributed by atoms with Gasteiger partial charge in [0.1, 0.15) is 6.54 Å². The molecule has 0 radical (unpaired) electrons. The van der Waals surface area contributed by atoms with Crippen LogP contribution in [0.2, 0.25) is 0 Å². The smallest absolute Gasteiger partial charge is 0.294 e. The Kier molecular flexibility index (Phi) is 8.22. The molecule has 2 saturated heterocycles. The van der Waals surface area contributed by atoms with Crippen molar-refractivity contribution < 1.29 is 23.9 Å². The molecular formula is C25H26IN3O5S. The number of ether oxygens (including phenoxy) is 2. The minimum Gasteiger partial charge on any atom is -0.493 e. The van der Waals surface area contributed by atoms with Gasteiger partial charge in [0.15, 0.2) is 11.5 Å². The molecule has 0 aromatic heterocycles. The summed E-state index contributed by atoms with van der Waals surface area (Å²) in [5.41, 5.74) is 1.83. The lowest BCUT2D eigenvalue weighted by Crippen LogP contribution is -2.51. The molecule has 0 unspecified atom stereocenters. The van der Waals surface area contributed by atoms with Gasteiger partial charge >= 0.3 is 0 Å². The van der Waals surface area contributed by atoms with Crippen LogP contribution in [-0.4, -0.2) is 73.3 Å². The molecule has 0 aliphatic carbocycles. The number of halogens is 1. The highest BCUT2D eigenvalue weighted by atomic mass is 127. The average molecular weight is 607 g/mol. The van der Waals surface area contributed by atoms with E-state index in [4.69, 9.17) is 9.47 Å². The maximum absolute atomic E-state index is 13.0. The van der Waals surface area contributed by atoms with E-state index in [0.29, 0.717) is 49.8 Å². The summed E-state index contributed by atoms with van der Waals surface area (Å²) in [5.74, 6) is 0.505. The number of thioether (sulfide) groups is 1. The molecule has 4 rings (SSSR count). The van der Waals surface area contributed by atoms with Crippen LogP contribution in [0.5, 0.6) is 11.5 Å². The van der Waals surface area contributed by atoms with Crippen LogP contribution in [0.1, 0.15) is 12.5 Å². The highest BCUT2D eigenvalue weighted by Gasteiger charge is 2.37. The number of hydrogen-bond donors (Lipinski definition) is 0. The Bertz CT molecular complexity index is 1150. The van der Waals surface area contributed by atoms with E-state index in [2.05, 4.69) is 27.5 Å². The summed E-state index contributed by atoms with van der Waals surface area (Å²) < 4.78 is 11.9. The zero-order chi connectivity index (χ0) is 24.9. The minimum atomic E-state index is -0.459. The molecule has 10 heteroatoms. The van der Waals surface area contributed by atoms with E-state index in [1.54, 1.807) is 24.2 Å². The lowest BCUT2D eigenvalue weighted by atomic mass is 10.2. The molecule has 0 bridgehead atoms. The van der Waals surface area contributed by atoms with Crippen LogP contribution >= 0.6 is 34.4 Å². The van der Waals surface area contributed by atoms with E-state index < -0.39 is 11.1 Å². The summed E-state index contributed by atoms with van der Waals surface area (Å²) in [6.45, 7) is 4.64. The fourth-order valence-corrected chi connectivity index (χ4v) is 5.60. The van der Waals surface area contributed by atoms with Crippen molar-refractivity contribution in [2.24, 2.45) is 0 Å². The Labute approximate surface area is 222 Å². The highest BCUT2D eigenvalue weighted by molar-refractivity contribution is 14.1. The summed E-state index contributed by atoms with van der Waals surface area (Å²) >= 11 is 2.99. The van der Waals surface area contributed by atoms with Gasteiger partial charge in [-0.15, -0.1) is 0 Å². The summed E-state index contributed by atoms with van der Waals surface area (Å²) in [7, 11) is 1.55. The molecule has 2 aliphatic heterocycles. The zero-order valence-electron chi connectivity index (χ0n) is 19.5. The third kappa shape index (κ3) is 5.75. The van der Waals surface area contributed by atoms with Gasteiger partial charge in [0.05, 0.1) is 22.2 Å². The number of carbonyl (C=O) groups excluding carboxylic acids is 3. The Balaban J connectivity index is 1.41. The summed E-state index contributed by atoms with van der Waals surface area (Å²) in [5, 5.41) is -0.440. The standard InChI is InChI=1S/C25H26IN3O5S/c1-3-34-23-19(26)13-17(14-20(23)33-2)15-21-24(31)29(25(32)35-21)16-22(30)28-11-9-27(10-12-28)18-7-5-4-6-8-18/h4-8,13-15H,3,9-12,16H2,1-2H3/b21-15+. The van der Waals surface area contributed by atoms with E-state index in [1.165, 1.54) is 0 Å². The second-order valence-corrected chi connectivity index (χ2v) is 10.1. The summed E-state index contributed by atoms with van der Waals surface area (Å²) in [4.78, 5) is 43.7. The van der Waals surface area contributed by atoms with Crippen molar-refractivity contribution in [1.29, 1.82) is 0 Å². The monoisotopic (exact) mass is 607 g/mol. The van der Waals surface area contributed by atoms with E-state index in [9.17, 15) is 14.4 Å². The van der Waals surface area contributed by atoms with Crippen molar-refractivity contribution in [3.63, 3.8) is 0 Å². The second-order valence-electron chi connectivity index (χ2n) is 7.94. The number of para-hydroxylation sites is 1. The third-order valence-electron chi connectivity index (χ3n) is 5.76. The van der Waals surface area contributed by atoms with Crippen LogP contribution < -0.4 is 14.4 Å². The number of hydrogen-bond acceptors (Lipinski definition) is 7. The van der Waals surface area contributed by atoms with E-state index in [0.717, 1.165) is 25.9 Å². The van der Waals surface area contributed by atoms with Crippen LogP contribution in [0.3, 0.4) is 0 Å². The van der Waals surface area contributed by atoms with Crippen molar-refractivity contribution in [3.05, 3.63) is 56.5 Å². The van der Waals surface area contributed by atoms with Gasteiger partial charge in [-0.3, -0.25) is 19.3 Å². The van der Waals surface area contributed by atoms with Gasteiger partial charge in [-0.05, 0) is 77.2 Å². The number of amides is 3. The van der Waals surface area contributed by atoms with Gasteiger partial charge < -0.3 is 19.3 Å². The van der Waals surface area contributed by atoms with Gasteiger partial charge in [0, 0.05) is 31.9 Å². The van der Waals surface area contributed by atoms with Crippen molar-refractivity contribution in [3.8, 4) is 11.5 Å². The maximum atomic E-state index is 13.0. The topological polar surface area (TPSA) is 79.4 Å². The van der Waals surface area contributed by atoms with Crippen molar-refractivity contribution in [1.82, 2.24) is 9.80 Å². The van der Waals surface area contributed by atoms with Gasteiger partial charge in [0.2, 0.25) is 5.91 Å². The van der Waals surface area contributed by atoms with E-state index in [1.807, 2.05) is 43.3 Å². The number of carbonyl (C=O) groups is 3. The van der Waals surface area contributed by atoms with Gasteiger partial charge in [-0.1, -0.05) is 18.2 Å². The molecule has 35 heavy (non-hydrogen) atoms. The zero-order valence-corrected chi connectivity index (χ0v) is 22.5. The first-order valence-electron chi connectivity index (χ1n) is 11.2. The van der Waals surface area contributed by atoms with Crippen molar-refractivity contribution in [2.45, 2.75) is 6.92 Å². The predicted octanol–water partition coefficient (Wildman–Crippen LogP) is 4.08. The largest absolute Gasteiger partial charge is 0.493 e. The number of piperazine rings is 1. The fourth-order valence-electron chi connectivity index (χ4n) is 3.98. The highest BCUT2D eigenvalue weighted by Crippen LogP contribution is 2.37. The van der Waals surface area contributed by atoms with Gasteiger partial charge in [-0.2, -0.15) is 0 Å². The average Bonchev–Trinajstić information content (AvgIpc) is 3.13. The van der Waals surface area contributed by atoms with E-state index in [-0.39, 0.29) is 17.4 Å². The van der Waals surface area contributed by atoms with Crippen molar-refractivity contribution >= 4 is 63.2 Å². The Hall–Kier alpha value is -2.73. The first-order valence-corrected chi connectivity index (χ1v) is 13.1. The van der Waals surface area contributed by atoms with Crippen LogP contribution in [0.4, 0.5) is 10.5 Å². The lowest BCUT2D eigenvalue weighted by Gasteiger charge is -2.36. The normalized spacial score (nSPS) is 17.3. The first-order chi connectivity index (χ1) is 16.9. The molecule has 184 valence electrons. The van der Waals surface area contributed by atoms with Crippen molar-refractivity contribution in [2.75, 3.05) is 51.3 Å². The van der Waals surface area contributed by atoms with Crippen LogP contribution in [0.25, 0.3) is 6.08 Å². The Morgan fingerprint density at radius 2 is 1.83 bits per heavy atom. The maximum Gasteiger partial charge on any atom is 0.294 e. The number of nitrogens with zero attached hydrogens (tertiary/aromatic N) is 3. The van der Waals surface area contributed by atoms with E-state index >= 15 is 0 Å². The van der Waals surface area contributed by atoms with Crippen LogP contribution in [-0.2, 0) is 9.59 Å². The van der Waals surface area contributed by atoms with Gasteiger partial charge in [0.25, 0.3) is 11.1 Å². The molecule has 2 fully saturated rings. The molecule has 2 aromatic carbocycles. The number of anilines is 1. The summed E-state index contributed by atoms with van der Waals surface area (Å²) in [6, 6.07) is 13.7.